The first-order chi connectivity index (χ1) is 19.2. The fraction of sp³-hybridized carbons (Fsp3) is 0.290. The fourth-order valence-corrected chi connectivity index (χ4v) is 3.66. The number of carbonyl (C=O) groups is 1. The summed E-state index contributed by atoms with van der Waals surface area (Å²) in [7, 11) is 0. The number of rotatable bonds is 10. The molecule has 0 radical (unpaired) electrons. The van der Waals surface area contributed by atoms with Crippen molar-refractivity contribution in [2.75, 3.05) is 18.5 Å². The van der Waals surface area contributed by atoms with E-state index in [0.29, 0.717) is 42.6 Å². The Morgan fingerprint density at radius 1 is 0.925 bits per heavy atom. The first-order valence-corrected chi connectivity index (χ1v) is 13.2. The van der Waals surface area contributed by atoms with E-state index in [9.17, 15) is 4.79 Å². The Hall–Kier alpha value is -4.66. The summed E-state index contributed by atoms with van der Waals surface area (Å²) in [6, 6.07) is 18.9. The number of nitrogens with one attached hydrogen (secondary N) is 2. The molecule has 4 rings (SSSR count). The number of alkyl carbamates (subject to hydrolysis) is 1. The van der Waals surface area contributed by atoms with E-state index in [4.69, 9.17) is 19.2 Å². The minimum Gasteiger partial charge on any atom is -0.494 e. The Kier molecular flexibility index (Phi) is 9.16. The van der Waals surface area contributed by atoms with Crippen LogP contribution in [0.25, 0.3) is 11.4 Å². The second-order valence-electron chi connectivity index (χ2n) is 10.2. The van der Waals surface area contributed by atoms with Crippen LogP contribution in [0.5, 0.6) is 17.2 Å². The largest absolute Gasteiger partial charge is 0.494 e. The van der Waals surface area contributed by atoms with Gasteiger partial charge in [-0.05, 0) is 95.1 Å². The molecule has 4 aromatic rings. The van der Waals surface area contributed by atoms with Crippen LogP contribution in [0.4, 0.5) is 16.3 Å². The van der Waals surface area contributed by atoms with Gasteiger partial charge in [0.15, 0.2) is 5.75 Å². The van der Waals surface area contributed by atoms with Crippen LogP contribution in [-0.4, -0.2) is 39.8 Å². The summed E-state index contributed by atoms with van der Waals surface area (Å²) in [6.07, 6.45) is 3.67. The Morgan fingerprint density at radius 3 is 2.45 bits per heavy atom. The van der Waals surface area contributed by atoms with Gasteiger partial charge in [0.2, 0.25) is 0 Å². The molecule has 0 unspecified atom stereocenters. The molecule has 40 heavy (non-hydrogen) atoms. The van der Waals surface area contributed by atoms with Crippen molar-refractivity contribution in [2.45, 2.75) is 46.6 Å². The van der Waals surface area contributed by atoms with Crippen molar-refractivity contribution in [3.05, 3.63) is 84.3 Å². The lowest BCUT2D eigenvalue weighted by atomic mass is 10.1. The number of anilines is 2. The number of aryl methyl sites for hydroxylation is 2. The SMILES string of the molecule is Cc1cc(Oc2ccnc(Nc3ccc(OCCCNC(=O)OC(C)(C)C)cc3)c2)c(-c2ccccn2)nc1C. The molecule has 0 bridgehead atoms. The summed E-state index contributed by atoms with van der Waals surface area (Å²) in [5.41, 5.74) is 3.73. The van der Waals surface area contributed by atoms with Crippen molar-refractivity contribution in [2.24, 2.45) is 0 Å². The Morgan fingerprint density at radius 2 is 1.73 bits per heavy atom. The van der Waals surface area contributed by atoms with E-state index in [1.807, 2.05) is 89.2 Å². The van der Waals surface area contributed by atoms with E-state index in [0.717, 1.165) is 28.4 Å². The smallest absolute Gasteiger partial charge is 0.407 e. The lowest BCUT2D eigenvalue weighted by Crippen LogP contribution is -2.33. The first kappa shape index (κ1) is 28.4. The fourth-order valence-electron chi connectivity index (χ4n) is 3.66. The van der Waals surface area contributed by atoms with E-state index < -0.39 is 11.7 Å². The van der Waals surface area contributed by atoms with Crippen LogP contribution in [0.2, 0.25) is 0 Å². The molecule has 0 atom stereocenters. The van der Waals surface area contributed by atoms with Crippen molar-refractivity contribution in [1.82, 2.24) is 20.3 Å². The van der Waals surface area contributed by atoms with Crippen LogP contribution >= 0.6 is 0 Å². The molecule has 0 aliphatic heterocycles. The van der Waals surface area contributed by atoms with E-state index in [2.05, 4.69) is 20.6 Å². The molecule has 1 aromatic carbocycles. The Bertz CT molecular complexity index is 1420. The highest BCUT2D eigenvalue weighted by atomic mass is 16.6. The highest BCUT2D eigenvalue weighted by Gasteiger charge is 2.16. The average molecular weight is 542 g/mol. The topological polar surface area (TPSA) is 107 Å². The minimum absolute atomic E-state index is 0.426. The van der Waals surface area contributed by atoms with Gasteiger partial charge in [0, 0.05) is 36.4 Å². The summed E-state index contributed by atoms with van der Waals surface area (Å²) >= 11 is 0. The maximum absolute atomic E-state index is 11.7. The van der Waals surface area contributed by atoms with Crippen molar-refractivity contribution >= 4 is 17.6 Å². The third-order valence-electron chi connectivity index (χ3n) is 5.68. The third kappa shape index (κ3) is 8.42. The highest BCUT2D eigenvalue weighted by Crippen LogP contribution is 2.33. The number of hydrogen-bond donors (Lipinski definition) is 2. The van der Waals surface area contributed by atoms with Gasteiger partial charge in [-0.15, -0.1) is 0 Å². The van der Waals surface area contributed by atoms with Crippen molar-refractivity contribution in [3.63, 3.8) is 0 Å². The quantitative estimate of drug-likeness (QED) is 0.207. The molecule has 0 aliphatic rings. The molecule has 0 spiro atoms. The van der Waals surface area contributed by atoms with Gasteiger partial charge in [-0.1, -0.05) is 6.07 Å². The zero-order valence-corrected chi connectivity index (χ0v) is 23.5. The van der Waals surface area contributed by atoms with Crippen molar-refractivity contribution in [1.29, 1.82) is 0 Å². The molecular weight excluding hydrogens is 506 g/mol. The summed E-state index contributed by atoms with van der Waals surface area (Å²) < 4.78 is 17.3. The minimum atomic E-state index is -0.512. The van der Waals surface area contributed by atoms with Crippen LogP contribution in [-0.2, 0) is 4.74 Å². The summed E-state index contributed by atoms with van der Waals surface area (Å²) in [6.45, 7) is 10.4. The van der Waals surface area contributed by atoms with E-state index in [1.54, 1.807) is 18.5 Å². The van der Waals surface area contributed by atoms with E-state index >= 15 is 0 Å². The number of benzene rings is 1. The maximum Gasteiger partial charge on any atom is 0.407 e. The predicted molar refractivity (Wildman–Crippen MR) is 155 cm³/mol. The molecule has 0 saturated carbocycles. The number of aromatic nitrogens is 3. The van der Waals surface area contributed by atoms with Gasteiger partial charge in [-0.3, -0.25) is 4.98 Å². The summed E-state index contributed by atoms with van der Waals surface area (Å²) in [5.74, 6) is 2.62. The molecule has 9 heteroatoms. The van der Waals surface area contributed by atoms with E-state index in [-0.39, 0.29) is 0 Å². The number of hydrogen-bond acceptors (Lipinski definition) is 8. The second-order valence-corrected chi connectivity index (χ2v) is 10.2. The van der Waals surface area contributed by atoms with Crippen LogP contribution in [0, 0.1) is 13.8 Å². The molecular formula is C31H35N5O4. The Balaban J connectivity index is 1.33. The molecule has 9 nitrogen and oxygen atoms in total. The molecule has 3 heterocycles. The lowest BCUT2D eigenvalue weighted by Gasteiger charge is -2.19. The van der Waals surface area contributed by atoms with Crippen LogP contribution in [0.3, 0.4) is 0 Å². The van der Waals surface area contributed by atoms with Gasteiger partial charge >= 0.3 is 6.09 Å². The molecule has 2 N–H and O–H groups in total. The third-order valence-corrected chi connectivity index (χ3v) is 5.68. The number of carbonyl (C=O) groups excluding carboxylic acids is 1. The standard InChI is InChI=1S/C31H35N5O4/c1-21-19-27(29(35-22(21)2)26-9-6-7-15-32-26)39-25-14-17-33-28(20-25)36-23-10-12-24(13-11-23)38-18-8-16-34-30(37)40-31(3,4)5/h6-7,9-15,17,19-20H,8,16,18H2,1-5H3,(H,33,36)(H,34,37). The van der Waals surface area contributed by atoms with Gasteiger partial charge in [0.1, 0.15) is 28.6 Å². The first-order valence-electron chi connectivity index (χ1n) is 13.2. The predicted octanol–water partition coefficient (Wildman–Crippen LogP) is 6.98. The van der Waals surface area contributed by atoms with Crippen molar-refractivity contribution < 1.29 is 19.0 Å². The number of pyridine rings is 3. The zero-order chi connectivity index (χ0) is 28.5. The van der Waals surface area contributed by atoms with Gasteiger partial charge in [-0.2, -0.15) is 0 Å². The van der Waals surface area contributed by atoms with Gasteiger partial charge < -0.3 is 24.8 Å². The second kappa shape index (κ2) is 12.9. The van der Waals surface area contributed by atoms with Crippen LogP contribution in [0.15, 0.2) is 73.1 Å². The van der Waals surface area contributed by atoms with Crippen LogP contribution in [0.1, 0.15) is 38.4 Å². The molecule has 0 fully saturated rings. The molecule has 0 saturated heterocycles. The molecule has 1 amide bonds. The average Bonchev–Trinajstić information content (AvgIpc) is 2.91. The Labute approximate surface area is 235 Å². The zero-order valence-electron chi connectivity index (χ0n) is 23.5. The normalized spacial score (nSPS) is 11.0. The van der Waals surface area contributed by atoms with Gasteiger partial charge in [-0.25, -0.2) is 14.8 Å². The molecule has 0 aliphatic carbocycles. The maximum atomic E-state index is 11.7. The summed E-state index contributed by atoms with van der Waals surface area (Å²) in [4.78, 5) is 25.3. The molecule has 3 aromatic heterocycles. The highest BCUT2D eigenvalue weighted by molar-refractivity contribution is 5.67. The van der Waals surface area contributed by atoms with E-state index in [1.165, 1.54) is 0 Å². The lowest BCUT2D eigenvalue weighted by molar-refractivity contribution is 0.0525. The van der Waals surface area contributed by atoms with Crippen molar-refractivity contribution in [3.8, 4) is 28.6 Å². The summed E-state index contributed by atoms with van der Waals surface area (Å²) in [5, 5.41) is 6.02. The van der Waals surface area contributed by atoms with Gasteiger partial charge in [0.25, 0.3) is 0 Å². The van der Waals surface area contributed by atoms with Gasteiger partial charge in [0.05, 0.1) is 12.3 Å². The number of nitrogens with zero attached hydrogens (tertiary/aromatic N) is 3. The number of ether oxygens (including phenoxy) is 3. The monoisotopic (exact) mass is 541 g/mol. The van der Waals surface area contributed by atoms with Crippen LogP contribution < -0.4 is 20.1 Å². The number of amides is 1. The molecule has 208 valence electrons.